The molecule has 2 aromatic rings. The molecule has 0 fully saturated rings. The number of benzene rings is 2. The monoisotopic (exact) mass is 354 g/mol. The average Bonchev–Trinajstić information content (AvgIpc) is 2.48. The van der Waals surface area contributed by atoms with E-state index >= 15 is 0 Å². The predicted octanol–water partition coefficient (Wildman–Crippen LogP) is 3.94. The Balaban J connectivity index is 2.50. The molecule has 0 aliphatic heterocycles. The summed E-state index contributed by atoms with van der Waals surface area (Å²) >= 11 is 12.3. The molecule has 0 saturated carbocycles. The van der Waals surface area contributed by atoms with E-state index in [4.69, 9.17) is 27.3 Å². The van der Waals surface area contributed by atoms with E-state index in [2.05, 4.69) is 68.2 Å². The molecular weight excluding hydrogens is 335 g/mol. The molecule has 0 aliphatic carbocycles. The maximum absolute atomic E-state index is 6.67. The minimum Gasteiger partial charge on any atom is -0.447 e. The molecule has 2 aromatic carbocycles. The summed E-state index contributed by atoms with van der Waals surface area (Å²) in [7, 11) is -4.50. The molecule has 0 aliphatic rings. The molecule has 1 nitrogen and oxygen atoms in total. The van der Waals surface area contributed by atoms with Crippen LogP contribution >= 0.6 is 23.2 Å². The highest BCUT2D eigenvalue weighted by atomic mass is 35.5. The topological polar surface area (TPSA) is 9.23 Å². The molecule has 5 heteroatoms. The van der Waals surface area contributed by atoms with E-state index in [1.165, 1.54) is 10.4 Å². The van der Waals surface area contributed by atoms with Crippen molar-refractivity contribution >= 4 is 50.2 Å². The number of hydrogen-bond donors (Lipinski definition) is 0. The van der Waals surface area contributed by atoms with Crippen molar-refractivity contribution in [2.45, 2.75) is 24.1 Å². The Morgan fingerprint density at radius 3 is 1.48 bits per heavy atom. The quantitative estimate of drug-likeness (QED) is 0.583. The fourth-order valence-electron chi connectivity index (χ4n) is 2.37. The van der Waals surface area contributed by atoms with Gasteiger partial charge in [-0.2, -0.15) is 0 Å². The largest absolute Gasteiger partial charge is 0.447 e. The fourth-order valence-corrected chi connectivity index (χ4v) is 10.7. The van der Waals surface area contributed by atoms with E-state index in [-0.39, 0.29) is 0 Å². The van der Waals surface area contributed by atoms with E-state index < -0.39 is 21.1 Å². The molecule has 0 aromatic heterocycles. The average molecular weight is 355 g/mol. The van der Waals surface area contributed by atoms with E-state index in [1.807, 2.05) is 12.1 Å². The van der Waals surface area contributed by atoms with Crippen LogP contribution in [0.2, 0.25) is 19.6 Å². The third-order valence-electron chi connectivity index (χ3n) is 3.64. The molecule has 0 heterocycles. The number of alkyl halides is 2. The van der Waals surface area contributed by atoms with Gasteiger partial charge in [-0.3, -0.25) is 0 Å². The maximum Gasteiger partial charge on any atom is 0.241 e. The lowest BCUT2D eigenvalue weighted by molar-refractivity contribution is 0.567. The SMILES string of the molecule is C[Si](O[Si](C)(C)C(Cl)Cl)(c1ccccc1)c1ccccc1. The first kappa shape index (κ1) is 16.8. The summed E-state index contributed by atoms with van der Waals surface area (Å²) < 4.78 is 6.23. The lowest BCUT2D eigenvalue weighted by atomic mass is 10.4. The first-order valence-corrected chi connectivity index (χ1v) is 13.2. The van der Waals surface area contributed by atoms with Gasteiger partial charge in [0.25, 0.3) is 0 Å². The molecule has 0 radical (unpaired) electrons. The minimum atomic E-state index is -2.31. The minimum absolute atomic E-state index is 0.447. The van der Waals surface area contributed by atoms with Gasteiger partial charge in [-0.25, -0.2) is 0 Å². The van der Waals surface area contributed by atoms with Crippen molar-refractivity contribution in [2.75, 3.05) is 0 Å². The van der Waals surface area contributed by atoms with Crippen LogP contribution < -0.4 is 10.4 Å². The van der Waals surface area contributed by atoms with Gasteiger partial charge in [0.15, 0.2) is 0 Å². The number of rotatable bonds is 5. The summed E-state index contributed by atoms with van der Waals surface area (Å²) in [5.41, 5.74) is 0. The summed E-state index contributed by atoms with van der Waals surface area (Å²) in [5, 5.41) is 2.48. The Morgan fingerprint density at radius 1 is 0.762 bits per heavy atom. The van der Waals surface area contributed by atoms with Crippen molar-refractivity contribution in [3.05, 3.63) is 60.7 Å². The smallest absolute Gasteiger partial charge is 0.241 e. The van der Waals surface area contributed by atoms with Crippen LogP contribution in [0.25, 0.3) is 0 Å². The predicted molar refractivity (Wildman–Crippen MR) is 97.8 cm³/mol. The van der Waals surface area contributed by atoms with Gasteiger partial charge in [0.1, 0.15) is 4.46 Å². The molecular formula is C16H20Cl2OSi2. The van der Waals surface area contributed by atoms with Crippen molar-refractivity contribution in [3.8, 4) is 0 Å². The molecule has 112 valence electrons. The maximum atomic E-state index is 6.67. The Kier molecular flexibility index (Phi) is 5.33. The summed E-state index contributed by atoms with van der Waals surface area (Å²) in [5.74, 6) is 0. The molecule has 0 saturated heterocycles. The van der Waals surface area contributed by atoms with Crippen LogP contribution in [0.3, 0.4) is 0 Å². The number of halogens is 2. The molecule has 0 bridgehead atoms. The van der Waals surface area contributed by atoms with Crippen LogP contribution in [0.4, 0.5) is 0 Å². The van der Waals surface area contributed by atoms with Crippen molar-refractivity contribution in [1.82, 2.24) is 0 Å². The highest BCUT2D eigenvalue weighted by Gasteiger charge is 2.43. The zero-order valence-corrected chi connectivity index (χ0v) is 16.0. The van der Waals surface area contributed by atoms with Gasteiger partial charge in [-0.15, -0.1) is 23.2 Å². The van der Waals surface area contributed by atoms with Crippen LogP contribution in [0.1, 0.15) is 0 Å². The van der Waals surface area contributed by atoms with Gasteiger partial charge < -0.3 is 4.12 Å². The Bertz CT molecular complexity index is 534. The van der Waals surface area contributed by atoms with E-state index in [1.54, 1.807) is 0 Å². The van der Waals surface area contributed by atoms with Gasteiger partial charge in [0, 0.05) is 0 Å². The molecule has 2 rings (SSSR count). The van der Waals surface area contributed by atoms with Crippen molar-refractivity contribution < 1.29 is 4.12 Å². The lowest BCUT2D eigenvalue weighted by Crippen LogP contribution is -2.64. The van der Waals surface area contributed by atoms with E-state index in [0.29, 0.717) is 0 Å². The third kappa shape index (κ3) is 3.79. The highest BCUT2D eigenvalue weighted by Crippen LogP contribution is 2.24. The summed E-state index contributed by atoms with van der Waals surface area (Å²) in [4.78, 5) is 0. The molecule has 0 spiro atoms. The molecule has 0 N–H and O–H groups in total. The van der Waals surface area contributed by atoms with Crippen molar-refractivity contribution in [1.29, 1.82) is 0 Å². The summed E-state index contributed by atoms with van der Waals surface area (Å²) in [6, 6.07) is 20.8. The van der Waals surface area contributed by atoms with Crippen LogP contribution in [-0.2, 0) is 4.12 Å². The Morgan fingerprint density at radius 2 is 1.14 bits per heavy atom. The van der Waals surface area contributed by atoms with Gasteiger partial charge in [-0.05, 0) is 30.0 Å². The van der Waals surface area contributed by atoms with Crippen LogP contribution in [0.15, 0.2) is 60.7 Å². The standard InChI is InChI=1S/C16H20Cl2OSi2/c1-20(2,16(17)18)19-21(3,14-10-6-4-7-11-14)15-12-8-5-9-13-15/h4-13,16H,1-3H3. The Labute approximate surface area is 139 Å². The summed E-state index contributed by atoms with van der Waals surface area (Å²) in [6.07, 6.45) is 0. The highest BCUT2D eigenvalue weighted by molar-refractivity contribution is 7.04. The molecule has 0 atom stereocenters. The van der Waals surface area contributed by atoms with E-state index in [9.17, 15) is 0 Å². The first-order valence-electron chi connectivity index (χ1n) is 6.95. The zero-order valence-electron chi connectivity index (χ0n) is 12.5. The van der Waals surface area contributed by atoms with Crippen molar-refractivity contribution in [3.63, 3.8) is 0 Å². The van der Waals surface area contributed by atoms with Crippen LogP contribution in [-0.4, -0.2) is 21.1 Å². The zero-order chi connectivity index (χ0) is 15.5. The fraction of sp³-hybridized carbons (Fsp3) is 0.250. The van der Waals surface area contributed by atoms with Gasteiger partial charge >= 0.3 is 0 Å². The second kappa shape index (κ2) is 6.67. The molecule has 21 heavy (non-hydrogen) atoms. The first-order chi connectivity index (χ1) is 9.86. The second-order valence-electron chi connectivity index (χ2n) is 5.77. The van der Waals surface area contributed by atoms with E-state index in [0.717, 1.165) is 0 Å². The molecule has 0 unspecified atom stereocenters. The van der Waals surface area contributed by atoms with Crippen LogP contribution in [0, 0.1) is 0 Å². The normalized spacial score (nSPS) is 12.7. The second-order valence-corrected chi connectivity index (χ2v) is 15.4. The van der Waals surface area contributed by atoms with Gasteiger partial charge in [0.05, 0.1) is 0 Å². The number of hydrogen-bond acceptors (Lipinski definition) is 1. The lowest BCUT2D eigenvalue weighted by Gasteiger charge is -2.37. The van der Waals surface area contributed by atoms with Gasteiger partial charge in [0.2, 0.25) is 16.6 Å². The Hall–Kier alpha value is -0.586. The van der Waals surface area contributed by atoms with Crippen molar-refractivity contribution in [2.24, 2.45) is 0 Å². The van der Waals surface area contributed by atoms with Crippen LogP contribution in [0.5, 0.6) is 0 Å². The third-order valence-corrected chi connectivity index (χ3v) is 14.5. The molecule has 0 amide bonds. The summed E-state index contributed by atoms with van der Waals surface area (Å²) in [6.45, 7) is 6.38. The van der Waals surface area contributed by atoms with Gasteiger partial charge in [-0.1, -0.05) is 60.7 Å².